The zero-order valence-corrected chi connectivity index (χ0v) is 14.0. The molecule has 0 bridgehead atoms. The minimum Gasteiger partial charge on any atom is -0.506 e. The molecular formula is C22H14O5. The van der Waals surface area contributed by atoms with Gasteiger partial charge in [0.05, 0.1) is 0 Å². The van der Waals surface area contributed by atoms with Gasteiger partial charge in [0.15, 0.2) is 0 Å². The van der Waals surface area contributed by atoms with Crippen LogP contribution >= 0.6 is 0 Å². The Morgan fingerprint density at radius 1 is 0.741 bits per heavy atom. The van der Waals surface area contributed by atoms with Gasteiger partial charge in [0, 0.05) is 5.39 Å². The summed E-state index contributed by atoms with van der Waals surface area (Å²) in [5, 5.41) is 22.5. The highest BCUT2D eigenvalue weighted by Gasteiger charge is 2.21. The third-order valence-electron chi connectivity index (χ3n) is 4.43. The fourth-order valence-corrected chi connectivity index (χ4v) is 3.13. The SMILES string of the molecule is O=C(Oc1ccc2ccccc2c1C(=O)O)c1ccc2ccccc2c1O. The highest BCUT2D eigenvalue weighted by Crippen LogP contribution is 2.32. The summed E-state index contributed by atoms with van der Waals surface area (Å²) in [7, 11) is 0. The predicted molar refractivity (Wildman–Crippen MR) is 101 cm³/mol. The van der Waals surface area contributed by atoms with E-state index in [2.05, 4.69) is 0 Å². The maximum absolute atomic E-state index is 12.6. The number of benzene rings is 4. The Morgan fingerprint density at radius 2 is 1.33 bits per heavy atom. The van der Waals surface area contributed by atoms with Gasteiger partial charge >= 0.3 is 11.9 Å². The quantitative estimate of drug-likeness (QED) is 0.412. The number of esters is 1. The lowest BCUT2D eigenvalue weighted by molar-refractivity contribution is 0.0683. The Labute approximate surface area is 154 Å². The molecule has 0 saturated heterocycles. The van der Waals surface area contributed by atoms with Crippen LogP contribution in [-0.4, -0.2) is 22.2 Å². The van der Waals surface area contributed by atoms with Crippen molar-refractivity contribution in [3.05, 3.63) is 83.9 Å². The molecule has 27 heavy (non-hydrogen) atoms. The first-order valence-electron chi connectivity index (χ1n) is 8.24. The van der Waals surface area contributed by atoms with Gasteiger partial charge in [-0.2, -0.15) is 0 Å². The van der Waals surface area contributed by atoms with E-state index < -0.39 is 11.9 Å². The second kappa shape index (κ2) is 6.46. The highest BCUT2D eigenvalue weighted by atomic mass is 16.5. The van der Waals surface area contributed by atoms with Gasteiger partial charge in [-0.1, -0.05) is 60.7 Å². The number of carboxylic acid groups (broad SMARTS) is 1. The molecule has 0 unspecified atom stereocenters. The van der Waals surface area contributed by atoms with E-state index in [1.165, 1.54) is 12.1 Å². The van der Waals surface area contributed by atoms with Gasteiger partial charge in [-0.15, -0.1) is 0 Å². The first-order valence-corrected chi connectivity index (χ1v) is 8.24. The Morgan fingerprint density at radius 3 is 2.04 bits per heavy atom. The van der Waals surface area contributed by atoms with E-state index in [0.717, 1.165) is 10.8 Å². The molecule has 0 spiro atoms. The van der Waals surface area contributed by atoms with Crippen LogP contribution in [0, 0.1) is 0 Å². The standard InChI is InChI=1S/C22H14O5/c23-20-16-8-4-2-6-14(16)9-11-17(20)22(26)27-18-12-10-13-5-1-3-7-15(13)19(18)21(24)25/h1-12,23H,(H,24,25). The van der Waals surface area contributed by atoms with Crippen LogP contribution in [0.15, 0.2) is 72.8 Å². The number of aromatic hydroxyl groups is 1. The van der Waals surface area contributed by atoms with Crippen LogP contribution in [0.2, 0.25) is 0 Å². The molecule has 5 heteroatoms. The lowest BCUT2D eigenvalue weighted by Gasteiger charge is -2.12. The number of aromatic carboxylic acids is 1. The molecule has 0 radical (unpaired) electrons. The number of hydrogen-bond donors (Lipinski definition) is 2. The van der Waals surface area contributed by atoms with E-state index in [-0.39, 0.29) is 22.6 Å². The molecule has 132 valence electrons. The molecule has 5 nitrogen and oxygen atoms in total. The molecule has 4 rings (SSSR count). The summed E-state index contributed by atoms with van der Waals surface area (Å²) in [6, 6.07) is 20.3. The number of ether oxygens (including phenoxy) is 1. The third kappa shape index (κ3) is 2.85. The number of fused-ring (bicyclic) bond motifs is 2. The van der Waals surface area contributed by atoms with Crippen molar-refractivity contribution in [1.29, 1.82) is 0 Å². The van der Waals surface area contributed by atoms with Crippen LogP contribution in [0.1, 0.15) is 20.7 Å². The fraction of sp³-hybridized carbons (Fsp3) is 0. The predicted octanol–water partition coefficient (Wildman–Crippen LogP) is 4.62. The minimum atomic E-state index is -1.20. The van der Waals surface area contributed by atoms with Gasteiger partial charge in [0.25, 0.3) is 0 Å². The molecule has 2 N–H and O–H groups in total. The van der Waals surface area contributed by atoms with Crippen molar-refractivity contribution in [1.82, 2.24) is 0 Å². The maximum atomic E-state index is 12.6. The zero-order chi connectivity index (χ0) is 19.0. The van der Waals surface area contributed by atoms with Crippen LogP contribution in [0.3, 0.4) is 0 Å². The molecule has 0 heterocycles. The topological polar surface area (TPSA) is 83.8 Å². The normalized spacial score (nSPS) is 10.8. The zero-order valence-electron chi connectivity index (χ0n) is 14.0. The van der Waals surface area contributed by atoms with Crippen LogP contribution in [0.5, 0.6) is 11.5 Å². The van der Waals surface area contributed by atoms with Crippen molar-refractivity contribution in [3.8, 4) is 11.5 Å². The number of carboxylic acids is 1. The van der Waals surface area contributed by atoms with Gasteiger partial charge in [-0.05, 0) is 28.3 Å². The van der Waals surface area contributed by atoms with Crippen molar-refractivity contribution in [2.75, 3.05) is 0 Å². The number of carbonyl (C=O) groups excluding carboxylic acids is 1. The summed E-state index contributed by atoms with van der Waals surface area (Å²) in [6.07, 6.45) is 0. The van der Waals surface area contributed by atoms with Crippen LogP contribution in [-0.2, 0) is 0 Å². The van der Waals surface area contributed by atoms with Gasteiger partial charge in [0.2, 0.25) is 0 Å². The fourth-order valence-electron chi connectivity index (χ4n) is 3.13. The average Bonchev–Trinajstić information content (AvgIpc) is 2.68. The number of phenols is 1. The van der Waals surface area contributed by atoms with Crippen molar-refractivity contribution in [2.45, 2.75) is 0 Å². The third-order valence-corrected chi connectivity index (χ3v) is 4.43. The van der Waals surface area contributed by atoms with Gasteiger partial charge in [-0.25, -0.2) is 9.59 Å². The number of phenolic OH excluding ortho intramolecular Hbond substituents is 1. The van der Waals surface area contributed by atoms with E-state index >= 15 is 0 Å². The Bertz CT molecular complexity index is 1210. The van der Waals surface area contributed by atoms with Gasteiger partial charge < -0.3 is 14.9 Å². The molecule has 0 aliphatic rings. The smallest absolute Gasteiger partial charge is 0.347 e. The molecule has 0 saturated carbocycles. The summed E-state index contributed by atoms with van der Waals surface area (Å²) in [4.78, 5) is 24.4. The number of carbonyl (C=O) groups is 2. The first-order chi connectivity index (χ1) is 13.1. The Hall–Kier alpha value is -3.86. The van der Waals surface area contributed by atoms with Crippen LogP contribution in [0.25, 0.3) is 21.5 Å². The maximum Gasteiger partial charge on any atom is 0.347 e. The van der Waals surface area contributed by atoms with Crippen molar-refractivity contribution in [2.24, 2.45) is 0 Å². The molecule has 0 aliphatic heterocycles. The van der Waals surface area contributed by atoms with Crippen LogP contribution in [0.4, 0.5) is 0 Å². The second-order valence-corrected chi connectivity index (χ2v) is 6.04. The molecule has 0 amide bonds. The average molecular weight is 358 g/mol. The van der Waals surface area contributed by atoms with E-state index in [9.17, 15) is 19.8 Å². The van der Waals surface area contributed by atoms with Crippen molar-refractivity contribution < 1.29 is 24.5 Å². The largest absolute Gasteiger partial charge is 0.506 e. The van der Waals surface area contributed by atoms with E-state index in [4.69, 9.17) is 4.74 Å². The molecule has 4 aromatic rings. The van der Waals surface area contributed by atoms with Gasteiger partial charge in [-0.3, -0.25) is 0 Å². The lowest BCUT2D eigenvalue weighted by atomic mass is 10.0. The summed E-state index contributed by atoms with van der Waals surface area (Å²) < 4.78 is 5.35. The highest BCUT2D eigenvalue weighted by molar-refractivity contribution is 6.08. The van der Waals surface area contributed by atoms with E-state index in [1.54, 1.807) is 48.5 Å². The van der Waals surface area contributed by atoms with Crippen molar-refractivity contribution >= 4 is 33.5 Å². The number of hydrogen-bond acceptors (Lipinski definition) is 4. The summed E-state index contributed by atoms with van der Waals surface area (Å²) >= 11 is 0. The Balaban J connectivity index is 1.79. The molecule has 0 fully saturated rings. The molecule has 0 aromatic heterocycles. The monoisotopic (exact) mass is 358 g/mol. The van der Waals surface area contributed by atoms with Gasteiger partial charge in [0.1, 0.15) is 22.6 Å². The summed E-state index contributed by atoms with van der Waals surface area (Å²) in [6.45, 7) is 0. The summed E-state index contributed by atoms with van der Waals surface area (Å²) in [5.74, 6) is -2.29. The molecular weight excluding hydrogens is 344 g/mol. The number of rotatable bonds is 3. The van der Waals surface area contributed by atoms with Crippen molar-refractivity contribution in [3.63, 3.8) is 0 Å². The first kappa shape index (κ1) is 16.6. The lowest BCUT2D eigenvalue weighted by Crippen LogP contribution is -2.12. The molecule has 0 aliphatic carbocycles. The second-order valence-electron chi connectivity index (χ2n) is 6.04. The summed E-state index contributed by atoms with van der Waals surface area (Å²) in [5.41, 5.74) is -0.125. The van der Waals surface area contributed by atoms with E-state index in [1.807, 2.05) is 12.1 Å². The minimum absolute atomic E-state index is 0.0294. The molecule has 4 aromatic carbocycles. The molecule has 0 atom stereocenters. The Kier molecular flexibility index (Phi) is 3.97. The van der Waals surface area contributed by atoms with E-state index in [0.29, 0.717) is 10.8 Å². The van der Waals surface area contributed by atoms with Crippen LogP contribution < -0.4 is 4.74 Å².